The number of nitrogens with two attached hydrogens (primary N) is 1. The molecule has 1 heterocycles. The van der Waals surface area contributed by atoms with Crippen molar-refractivity contribution in [1.29, 1.82) is 0 Å². The van der Waals surface area contributed by atoms with Gasteiger partial charge in [0, 0.05) is 12.2 Å². The number of carbonyl (C=O) groups is 1. The quantitative estimate of drug-likeness (QED) is 0.842. The smallest absolute Gasteiger partial charge is 0.238 e. The first kappa shape index (κ1) is 15.4. The maximum Gasteiger partial charge on any atom is 0.238 e. The number of nitrogen functional groups attached to an aromatic ring is 1. The number of hydrogen-bond acceptors (Lipinski definition) is 3. The van der Waals surface area contributed by atoms with Crippen LogP contribution >= 0.6 is 23.2 Å². The number of amides is 1. The van der Waals surface area contributed by atoms with E-state index in [1.807, 2.05) is 0 Å². The van der Waals surface area contributed by atoms with Crippen LogP contribution in [0.4, 0.5) is 11.4 Å². The first-order valence-corrected chi connectivity index (χ1v) is 7.29. The lowest BCUT2D eigenvalue weighted by atomic mass is 9.93. The molecule has 1 aromatic carbocycles. The molecule has 0 unspecified atom stereocenters. The van der Waals surface area contributed by atoms with E-state index in [-0.39, 0.29) is 11.3 Å². The number of nitrogens with zero attached hydrogens (tertiary/aromatic N) is 1. The van der Waals surface area contributed by atoms with Crippen molar-refractivity contribution in [2.24, 2.45) is 5.41 Å². The topological polar surface area (TPSA) is 58.4 Å². The Balaban J connectivity index is 1.99. The molecule has 0 spiro atoms. The minimum absolute atomic E-state index is 0.115. The number of rotatable bonds is 3. The molecule has 2 rings (SSSR count). The predicted octanol–water partition coefficient (Wildman–Crippen LogP) is 3.25. The predicted molar refractivity (Wildman–Crippen MR) is 84.3 cm³/mol. The Hall–Kier alpha value is -0.970. The van der Waals surface area contributed by atoms with Gasteiger partial charge in [0.05, 0.1) is 22.3 Å². The van der Waals surface area contributed by atoms with E-state index < -0.39 is 0 Å². The molecule has 1 fully saturated rings. The molecule has 1 aliphatic heterocycles. The number of halogens is 2. The number of nitrogens with one attached hydrogen (secondary N) is 1. The molecule has 20 heavy (non-hydrogen) atoms. The zero-order chi connectivity index (χ0) is 14.9. The molecule has 6 heteroatoms. The van der Waals surface area contributed by atoms with Gasteiger partial charge in [-0.15, -0.1) is 0 Å². The van der Waals surface area contributed by atoms with Gasteiger partial charge in [-0.3, -0.25) is 9.69 Å². The summed E-state index contributed by atoms with van der Waals surface area (Å²) in [6.45, 7) is 6.62. The van der Waals surface area contributed by atoms with E-state index in [0.717, 1.165) is 19.5 Å². The molecule has 0 atom stereocenters. The molecular weight excluding hydrogens is 297 g/mol. The Morgan fingerprint density at radius 2 is 2.00 bits per heavy atom. The van der Waals surface area contributed by atoms with Gasteiger partial charge in [0.1, 0.15) is 0 Å². The number of carbonyl (C=O) groups excluding carboxylic acids is 1. The molecule has 4 nitrogen and oxygen atoms in total. The number of hydrogen-bond donors (Lipinski definition) is 2. The van der Waals surface area contributed by atoms with Gasteiger partial charge in [0.15, 0.2) is 0 Å². The summed E-state index contributed by atoms with van der Waals surface area (Å²) in [4.78, 5) is 14.2. The van der Waals surface area contributed by atoms with Crippen LogP contribution in [0.2, 0.25) is 10.0 Å². The average Bonchev–Trinajstić information content (AvgIpc) is 2.63. The highest BCUT2D eigenvalue weighted by Crippen LogP contribution is 2.33. The van der Waals surface area contributed by atoms with Crippen LogP contribution in [-0.4, -0.2) is 30.4 Å². The summed E-state index contributed by atoms with van der Waals surface area (Å²) in [5, 5.41) is 3.46. The van der Waals surface area contributed by atoms with E-state index in [9.17, 15) is 4.79 Å². The van der Waals surface area contributed by atoms with Gasteiger partial charge in [-0.05, 0) is 30.5 Å². The minimum atomic E-state index is -0.115. The van der Waals surface area contributed by atoms with Gasteiger partial charge < -0.3 is 11.1 Å². The van der Waals surface area contributed by atoms with Crippen LogP contribution in [0.15, 0.2) is 12.1 Å². The summed E-state index contributed by atoms with van der Waals surface area (Å²) >= 11 is 12.1. The largest absolute Gasteiger partial charge is 0.399 e. The molecule has 3 N–H and O–H groups in total. The fraction of sp³-hybridized carbons (Fsp3) is 0.500. The van der Waals surface area contributed by atoms with Gasteiger partial charge in [0.2, 0.25) is 5.91 Å². The highest BCUT2D eigenvalue weighted by Gasteiger charge is 2.30. The van der Waals surface area contributed by atoms with Gasteiger partial charge in [0.25, 0.3) is 0 Å². The van der Waals surface area contributed by atoms with Crippen LogP contribution in [-0.2, 0) is 4.79 Å². The van der Waals surface area contributed by atoms with Gasteiger partial charge in [-0.2, -0.15) is 0 Å². The highest BCUT2D eigenvalue weighted by atomic mass is 35.5. The van der Waals surface area contributed by atoms with Crippen molar-refractivity contribution in [3.05, 3.63) is 22.2 Å². The van der Waals surface area contributed by atoms with Gasteiger partial charge in [-0.1, -0.05) is 37.0 Å². The molecular formula is C14H19Cl2N3O. The van der Waals surface area contributed by atoms with Crippen molar-refractivity contribution < 1.29 is 4.79 Å². The van der Waals surface area contributed by atoms with E-state index in [1.54, 1.807) is 12.1 Å². The fourth-order valence-electron chi connectivity index (χ4n) is 2.45. The van der Waals surface area contributed by atoms with Gasteiger partial charge in [-0.25, -0.2) is 0 Å². The third-order valence-corrected chi connectivity index (χ3v) is 4.05. The molecule has 0 aromatic heterocycles. The Kier molecular flexibility index (Phi) is 4.47. The summed E-state index contributed by atoms with van der Waals surface area (Å²) < 4.78 is 0. The molecule has 0 saturated carbocycles. The van der Waals surface area contributed by atoms with Crippen LogP contribution in [0, 0.1) is 5.41 Å². The van der Waals surface area contributed by atoms with E-state index in [1.165, 1.54) is 0 Å². The zero-order valence-corrected chi connectivity index (χ0v) is 13.2. The second-order valence-corrected chi connectivity index (χ2v) is 6.85. The summed E-state index contributed by atoms with van der Waals surface area (Å²) in [7, 11) is 0. The third kappa shape index (κ3) is 3.78. The molecule has 110 valence electrons. The highest BCUT2D eigenvalue weighted by molar-refractivity contribution is 6.40. The molecule has 1 amide bonds. The maximum absolute atomic E-state index is 12.1. The summed E-state index contributed by atoms with van der Waals surface area (Å²) in [6, 6.07) is 3.14. The molecule has 1 saturated heterocycles. The number of likely N-dealkylation sites (tertiary alicyclic amines) is 1. The van der Waals surface area contributed by atoms with Crippen molar-refractivity contribution in [2.75, 3.05) is 30.7 Å². The van der Waals surface area contributed by atoms with Gasteiger partial charge >= 0.3 is 0 Å². The second kappa shape index (κ2) is 5.80. The van der Waals surface area contributed by atoms with E-state index in [2.05, 4.69) is 24.1 Å². The second-order valence-electron chi connectivity index (χ2n) is 6.03. The maximum atomic E-state index is 12.1. The van der Waals surface area contributed by atoms with E-state index in [0.29, 0.717) is 28.0 Å². The molecule has 0 aliphatic carbocycles. The molecule has 0 bridgehead atoms. The average molecular weight is 316 g/mol. The lowest BCUT2D eigenvalue weighted by molar-refractivity contribution is -0.117. The molecule has 1 aromatic rings. The first-order valence-electron chi connectivity index (χ1n) is 6.53. The van der Waals surface area contributed by atoms with Crippen LogP contribution in [0.25, 0.3) is 0 Å². The number of anilines is 2. The van der Waals surface area contributed by atoms with Crippen LogP contribution in [0.1, 0.15) is 20.3 Å². The summed E-state index contributed by atoms with van der Waals surface area (Å²) in [5.74, 6) is -0.115. The Morgan fingerprint density at radius 1 is 1.40 bits per heavy atom. The third-order valence-electron chi connectivity index (χ3n) is 3.45. The van der Waals surface area contributed by atoms with E-state index >= 15 is 0 Å². The van der Waals surface area contributed by atoms with Crippen LogP contribution in [0.5, 0.6) is 0 Å². The normalized spacial score (nSPS) is 18.2. The molecule has 0 radical (unpaired) electrons. The Morgan fingerprint density at radius 3 is 2.50 bits per heavy atom. The van der Waals surface area contributed by atoms with E-state index in [4.69, 9.17) is 28.9 Å². The first-order chi connectivity index (χ1) is 9.27. The van der Waals surface area contributed by atoms with Crippen molar-refractivity contribution in [1.82, 2.24) is 4.90 Å². The monoisotopic (exact) mass is 315 g/mol. The van der Waals surface area contributed by atoms with Crippen molar-refractivity contribution in [3.63, 3.8) is 0 Å². The van der Waals surface area contributed by atoms with Crippen molar-refractivity contribution in [3.8, 4) is 0 Å². The Bertz CT molecular complexity index is 508. The lowest BCUT2D eigenvalue weighted by Gasteiger charge is -2.19. The van der Waals surface area contributed by atoms with Crippen molar-refractivity contribution >= 4 is 40.5 Å². The lowest BCUT2D eigenvalue weighted by Crippen LogP contribution is -2.32. The molecule has 1 aliphatic rings. The standard InChI is InChI=1S/C14H19Cl2N3O/c1-14(2)3-4-19(8-14)7-12(20)18-13-10(15)5-9(17)6-11(13)16/h5-6H,3-4,7-8,17H2,1-2H3,(H,18,20). The minimum Gasteiger partial charge on any atom is -0.399 e. The van der Waals surface area contributed by atoms with Crippen LogP contribution < -0.4 is 11.1 Å². The zero-order valence-electron chi connectivity index (χ0n) is 11.7. The fourth-order valence-corrected chi connectivity index (χ4v) is 3.05. The number of benzene rings is 1. The van der Waals surface area contributed by atoms with Crippen molar-refractivity contribution in [2.45, 2.75) is 20.3 Å². The summed E-state index contributed by atoms with van der Waals surface area (Å²) in [5.41, 5.74) is 6.80. The SMILES string of the molecule is CC1(C)CCN(CC(=O)Nc2c(Cl)cc(N)cc2Cl)C1. The van der Waals surface area contributed by atoms with Crippen LogP contribution in [0.3, 0.4) is 0 Å². The summed E-state index contributed by atoms with van der Waals surface area (Å²) in [6.07, 6.45) is 1.10. The Labute approximate surface area is 129 Å².